The Morgan fingerprint density at radius 1 is 1.00 bits per heavy atom. The summed E-state index contributed by atoms with van der Waals surface area (Å²) in [4.78, 5) is 20.1. The largest absolute Gasteiger partial charge is 0.477 e. The number of fused-ring (bicyclic) bond motifs is 3. The summed E-state index contributed by atoms with van der Waals surface area (Å²) in [7, 11) is 0. The molecule has 0 spiro atoms. The summed E-state index contributed by atoms with van der Waals surface area (Å²) in [5, 5.41) is 11.0. The van der Waals surface area contributed by atoms with Crippen LogP contribution in [0.4, 0.5) is 0 Å². The van der Waals surface area contributed by atoms with Crippen molar-refractivity contribution in [3.8, 4) is 0 Å². The minimum absolute atomic E-state index is 0.0473. The molecule has 0 unspecified atom stereocenters. The van der Waals surface area contributed by atoms with Crippen LogP contribution in [0.5, 0.6) is 0 Å². The Bertz CT molecular complexity index is 841. The van der Waals surface area contributed by atoms with Gasteiger partial charge < -0.3 is 5.11 Å². The van der Waals surface area contributed by atoms with E-state index in [4.69, 9.17) is 5.11 Å². The molecule has 0 atom stereocenters. The van der Waals surface area contributed by atoms with Crippen molar-refractivity contribution in [1.29, 1.82) is 0 Å². The number of benzene rings is 1. The van der Waals surface area contributed by atoms with E-state index in [2.05, 4.69) is 23.8 Å². The van der Waals surface area contributed by atoms with E-state index >= 15 is 0 Å². The summed E-state index contributed by atoms with van der Waals surface area (Å²) in [5.41, 5.74) is 2.48. The van der Waals surface area contributed by atoms with Crippen molar-refractivity contribution in [3.05, 3.63) is 47.8 Å². The smallest absolute Gasteiger partial charge is 0.354 e. The first-order chi connectivity index (χ1) is 10.0. The van der Waals surface area contributed by atoms with Gasteiger partial charge in [-0.1, -0.05) is 38.1 Å². The molecule has 0 aliphatic carbocycles. The van der Waals surface area contributed by atoms with Gasteiger partial charge in [-0.15, -0.1) is 0 Å². The third kappa shape index (κ3) is 2.57. The van der Waals surface area contributed by atoms with Crippen LogP contribution in [-0.2, 0) is 6.42 Å². The molecule has 0 amide bonds. The van der Waals surface area contributed by atoms with E-state index in [1.807, 2.05) is 24.3 Å². The summed E-state index contributed by atoms with van der Waals surface area (Å²) >= 11 is 0. The molecule has 1 N–H and O–H groups in total. The summed E-state index contributed by atoms with van der Waals surface area (Å²) in [5.74, 6) is -0.500. The van der Waals surface area contributed by atoms with Crippen LogP contribution in [0.2, 0.25) is 0 Å². The lowest BCUT2D eigenvalue weighted by atomic mass is 10.1. The van der Waals surface area contributed by atoms with E-state index in [0.29, 0.717) is 11.4 Å². The van der Waals surface area contributed by atoms with Gasteiger partial charge in [0.2, 0.25) is 0 Å². The third-order valence-electron chi connectivity index (χ3n) is 3.41. The number of carboxylic acid groups (broad SMARTS) is 1. The number of carboxylic acids is 1. The first kappa shape index (κ1) is 13.5. The Labute approximate surface area is 122 Å². The van der Waals surface area contributed by atoms with Gasteiger partial charge in [-0.05, 0) is 24.5 Å². The highest BCUT2D eigenvalue weighted by atomic mass is 16.4. The zero-order chi connectivity index (χ0) is 15.0. The highest BCUT2D eigenvalue weighted by Crippen LogP contribution is 2.23. The normalized spacial score (nSPS) is 11.4. The van der Waals surface area contributed by atoms with Crippen molar-refractivity contribution in [2.75, 3.05) is 0 Å². The van der Waals surface area contributed by atoms with Crippen LogP contribution < -0.4 is 0 Å². The topological polar surface area (TPSA) is 63.1 Å². The van der Waals surface area contributed by atoms with Crippen LogP contribution in [0.15, 0.2) is 36.4 Å². The van der Waals surface area contributed by atoms with Crippen LogP contribution in [0.25, 0.3) is 21.8 Å². The Morgan fingerprint density at radius 3 is 2.19 bits per heavy atom. The summed E-state index contributed by atoms with van der Waals surface area (Å²) in [6, 6.07) is 11.3. The average Bonchev–Trinajstić information content (AvgIpc) is 2.45. The zero-order valence-corrected chi connectivity index (χ0v) is 12.0. The maximum absolute atomic E-state index is 11.1. The second kappa shape index (κ2) is 5.13. The van der Waals surface area contributed by atoms with Gasteiger partial charge in [-0.3, -0.25) is 4.98 Å². The number of aromatic nitrogens is 2. The molecule has 4 nitrogen and oxygen atoms in total. The highest BCUT2D eigenvalue weighted by Gasteiger charge is 2.10. The minimum atomic E-state index is -1.02. The summed E-state index contributed by atoms with van der Waals surface area (Å²) in [6.07, 6.45) is 0.894. The van der Waals surface area contributed by atoms with Crippen molar-refractivity contribution in [2.24, 2.45) is 5.92 Å². The number of aromatic carboxylic acids is 1. The molecule has 21 heavy (non-hydrogen) atoms. The van der Waals surface area contributed by atoms with E-state index in [1.165, 1.54) is 6.07 Å². The molecule has 0 aliphatic rings. The maximum atomic E-state index is 11.1. The molecular formula is C17H16N2O2. The van der Waals surface area contributed by atoms with E-state index < -0.39 is 5.97 Å². The number of pyridine rings is 2. The van der Waals surface area contributed by atoms with E-state index in [9.17, 15) is 4.79 Å². The monoisotopic (exact) mass is 280 g/mol. The van der Waals surface area contributed by atoms with Crippen molar-refractivity contribution in [2.45, 2.75) is 20.3 Å². The third-order valence-corrected chi connectivity index (χ3v) is 3.41. The fourth-order valence-corrected chi connectivity index (χ4v) is 2.46. The number of carbonyl (C=O) groups is 1. The fraction of sp³-hybridized carbons (Fsp3) is 0.235. The van der Waals surface area contributed by atoms with Gasteiger partial charge >= 0.3 is 5.97 Å². The second-order valence-electron chi connectivity index (χ2n) is 5.61. The number of hydrogen-bond donors (Lipinski definition) is 1. The predicted molar refractivity (Wildman–Crippen MR) is 82.5 cm³/mol. The lowest BCUT2D eigenvalue weighted by Gasteiger charge is -2.08. The van der Waals surface area contributed by atoms with Crippen molar-refractivity contribution >= 4 is 27.8 Å². The van der Waals surface area contributed by atoms with Crippen LogP contribution in [0.3, 0.4) is 0 Å². The standard InChI is InChI=1S/C17H16N2O2/c1-10(2)9-13-7-5-11-3-4-12-6-8-14(17(20)21)19-16(12)15(11)18-13/h3-8,10H,9H2,1-2H3,(H,20,21). The van der Waals surface area contributed by atoms with Gasteiger partial charge in [0.25, 0.3) is 0 Å². The molecule has 1 aromatic carbocycles. The van der Waals surface area contributed by atoms with Gasteiger partial charge in [0.15, 0.2) is 0 Å². The minimum Gasteiger partial charge on any atom is -0.477 e. The molecule has 0 fully saturated rings. The van der Waals surface area contributed by atoms with Gasteiger partial charge in [0.05, 0.1) is 11.0 Å². The van der Waals surface area contributed by atoms with Gasteiger partial charge in [0.1, 0.15) is 5.69 Å². The predicted octanol–water partition coefficient (Wildman–Crippen LogP) is 3.68. The molecule has 2 aromatic heterocycles. The average molecular weight is 280 g/mol. The molecule has 0 radical (unpaired) electrons. The number of hydrogen-bond acceptors (Lipinski definition) is 3. The number of rotatable bonds is 3. The number of nitrogens with zero attached hydrogens (tertiary/aromatic N) is 2. The van der Waals surface area contributed by atoms with E-state index in [-0.39, 0.29) is 5.69 Å². The van der Waals surface area contributed by atoms with E-state index in [0.717, 1.165) is 28.4 Å². The van der Waals surface area contributed by atoms with Gasteiger partial charge in [0, 0.05) is 16.5 Å². The first-order valence-corrected chi connectivity index (χ1v) is 6.97. The van der Waals surface area contributed by atoms with Gasteiger partial charge in [-0.25, -0.2) is 9.78 Å². The molecule has 3 rings (SSSR count). The van der Waals surface area contributed by atoms with Crippen LogP contribution in [0.1, 0.15) is 30.0 Å². The highest BCUT2D eigenvalue weighted by molar-refractivity contribution is 6.04. The Hall–Kier alpha value is -2.49. The SMILES string of the molecule is CC(C)Cc1ccc2ccc3ccc(C(=O)O)nc3c2n1. The fourth-order valence-electron chi connectivity index (χ4n) is 2.46. The molecule has 0 saturated carbocycles. The van der Waals surface area contributed by atoms with E-state index in [1.54, 1.807) is 6.07 Å². The molecule has 0 aliphatic heterocycles. The quantitative estimate of drug-likeness (QED) is 0.743. The van der Waals surface area contributed by atoms with Crippen LogP contribution >= 0.6 is 0 Å². The Balaban J connectivity index is 2.28. The molecule has 2 heterocycles. The van der Waals surface area contributed by atoms with Crippen molar-refractivity contribution in [1.82, 2.24) is 9.97 Å². The second-order valence-corrected chi connectivity index (χ2v) is 5.61. The van der Waals surface area contributed by atoms with Crippen molar-refractivity contribution in [3.63, 3.8) is 0 Å². The molecule has 3 aromatic rings. The summed E-state index contributed by atoms with van der Waals surface area (Å²) < 4.78 is 0. The lowest BCUT2D eigenvalue weighted by Crippen LogP contribution is -2.01. The molecule has 4 heteroatoms. The molecule has 0 bridgehead atoms. The maximum Gasteiger partial charge on any atom is 0.354 e. The van der Waals surface area contributed by atoms with Gasteiger partial charge in [-0.2, -0.15) is 0 Å². The Kier molecular flexibility index (Phi) is 3.29. The molecule has 106 valence electrons. The lowest BCUT2D eigenvalue weighted by molar-refractivity contribution is 0.0691. The first-order valence-electron chi connectivity index (χ1n) is 6.97. The molecular weight excluding hydrogens is 264 g/mol. The van der Waals surface area contributed by atoms with Crippen LogP contribution in [-0.4, -0.2) is 21.0 Å². The summed E-state index contributed by atoms with van der Waals surface area (Å²) in [6.45, 7) is 4.30. The van der Waals surface area contributed by atoms with Crippen molar-refractivity contribution < 1.29 is 9.90 Å². The zero-order valence-electron chi connectivity index (χ0n) is 12.0. The molecule has 0 saturated heterocycles. The Morgan fingerprint density at radius 2 is 1.57 bits per heavy atom. The van der Waals surface area contributed by atoms with Crippen LogP contribution in [0, 0.1) is 5.92 Å².